The van der Waals surface area contributed by atoms with Crippen molar-refractivity contribution >= 4 is 11.7 Å². The smallest absolute Gasteiger partial charge is 0.222 e. The van der Waals surface area contributed by atoms with E-state index < -0.39 is 0 Å². The minimum atomic E-state index is 0.183. The van der Waals surface area contributed by atoms with Gasteiger partial charge < -0.3 is 10.2 Å². The summed E-state index contributed by atoms with van der Waals surface area (Å²) in [5.41, 5.74) is 1.90. The Labute approximate surface area is 173 Å². The van der Waals surface area contributed by atoms with Crippen molar-refractivity contribution in [1.82, 2.24) is 19.9 Å². The van der Waals surface area contributed by atoms with Crippen molar-refractivity contribution in [2.75, 3.05) is 18.4 Å². The van der Waals surface area contributed by atoms with Gasteiger partial charge in [-0.1, -0.05) is 26.2 Å². The zero-order valence-electron chi connectivity index (χ0n) is 17.3. The van der Waals surface area contributed by atoms with E-state index in [1.807, 2.05) is 36.2 Å². The Hall–Kier alpha value is -2.50. The first-order valence-corrected chi connectivity index (χ1v) is 11.1. The molecule has 0 radical (unpaired) electrons. The molecule has 6 nitrogen and oxygen atoms in total. The molecule has 1 unspecified atom stereocenters. The second-order valence-corrected chi connectivity index (χ2v) is 8.25. The first-order chi connectivity index (χ1) is 14.2. The maximum Gasteiger partial charge on any atom is 0.222 e. The van der Waals surface area contributed by atoms with Crippen LogP contribution in [0.1, 0.15) is 70.0 Å². The van der Waals surface area contributed by atoms with E-state index in [0.717, 1.165) is 42.3 Å². The summed E-state index contributed by atoms with van der Waals surface area (Å²) in [5, 5.41) is 3.66. The number of amides is 1. The van der Waals surface area contributed by atoms with E-state index in [-0.39, 0.29) is 11.8 Å². The van der Waals surface area contributed by atoms with Crippen LogP contribution >= 0.6 is 0 Å². The summed E-state index contributed by atoms with van der Waals surface area (Å²) in [5.74, 6) is 2.15. The second-order valence-electron chi connectivity index (χ2n) is 8.25. The molecule has 2 aliphatic rings. The molecule has 0 bridgehead atoms. The molecule has 154 valence electrons. The van der Waals surface area contributed by atoms with Gasteiger partial charge >= 0.3 is 0 Å². The Kier molecular flexibility index (Phi) is 6.37. The van der Waals surface area contributed by atoms with Crippen LogP contribution in [0.25, 0.3) is 11.3 Å². The third-order valence-corrected chi connectivity index (χ3v) is 6.10. The monoisotopic (exact) mass is 393 g/mol. The molecule has 2 aromatic rings. The van der Waals surface area contributed by atoms with Gasteiger partial charge in [0, 0.05) is 55.5 Å². The summed E-state index contributed by atoms with van der Waals surface area (Å²) in [6.45, 7) is 3.49. The van der Waals surface area contributed by atoms with E-state index in [1.54, 1.807) is 6.20 Å². The lowest BCUT2D eigenvalue weighted by Crippen LogP contribution is -2.39. The number of rotatable bonds is 5. The Balaban J connectivity index is 1.63. The third kappa shape index (κ3) is 4.92. The molecule has 2 aromatic heterocycles. The number of nitrogens with zero attached hydrogens (tertiary/aromatic N) is 4. The topological polar surface area (TPSA) is 71.0 Å². The fourth-order valence-corrected chi connectivity index (χ4v) is 4.48. The molecule has 1 amide bonds. The van der Waals surface area contributed by atoms with Crippen LogP contribution in [0.4, 0.5) is 5.82 Å². The molecule has 1 saturated heterocycles. The van der Waals surface area contributed by atoms with Gasteiger partial charge in [-0.3, -0.25) is 9.78 Å². The molecule has 3 heterocycles. The lowest BCUT2D eigenvalue weighted by Gasteiger charge is -2.32. The van der Waals surface area contributed by atoms with Crippen LogP contribution in [0.5, 0.6) is 0 Å². The van der Waals surface area contributed by atoms with E-state index in [0.29, 0.717) is 19.0 Å². The first-order valence-electron chi connectivity index (χ1n) is 11.1. The minimum Gasteiger partial charge on any atom is -0.367 e. The highest BCUT2D eigenvalue weighted by atomic mass is 16.2. The molecule has 0 aromatic carbocycles. The minimum absolute atomic E-state index is 0.183. The molecule has 1 N–H and O–H groups in total. The number of anilines is 1. The summed E-state index contributed by atoms with van der Waals surface area (Å²) in [6, 6.07) is 6.51. The molecular weight excluding hydrogens is 362 g/mol. The van der Waals surface area contributed by atoms with Gasteiger partial charge in [-0.25, -0.2) is 9.97 Å². The molecule has 1 atom stereocenters. The summed E-state index contributed by atoms with van der Waals surface area (Å²) < 4.78 is 0. The number of nitrogens with one attached hydrogen (secondary N) is 1. The van der Waals surface area contributed by atoms with E-state index in [2.05, 4.69) is 10.3 Å². The zero-order valence-corrected chi connectivity index (χ0v) is 17.3. The fourth-order valence-electron chi connectivity index (χ4n) is 4.48. The van der Waals surface area contributed by atoms with Crippen molar-refractivity contribution in [1.29, 1.82) is 0 Å². The average molecular weight is 394 g/mol. The van der Waals surface area contributed by atoms with Crippen molar-refractivity contribution in [3.63, 3.8) is 0 Å². The number of carbonyl (C=O) groups is 1. The molecule has 1 aliphatic heterocycles. The highest BCUT2D eigenvalue weighted by Crippen LogP contribution is 2.29. The van der Waals surface area contributed by atoms with Crippen LogP contribution in [0.3, 0.4) is 0 Å². The van der Waals surface area contributed by atoms with Crippen LogP contribution < -0.4 is 5.32 Å². The second kappa shape index (κ2) is 9.33. The van der Waals surface area contributed by atoms with Crippen molar-refractivity contribution in [3.05, 3.63) is 36.4 Å². The first kappa shape index (κ1) is 19.8. The Bertz CT molecular complexity index is 819. The van der Waals surface area contributed by atoms with Gasteiger partial charge in [-0.05, 0) is 37.8 Å². The molecule has 6 heteroatoms. The summed E-state index contributed by atoms with van der Waals surface area (Å²) >= 11 is 0. The Morgan fingerprint density at radius 1 is 1.17 bits per heavy atom. The Morgan fingerprint density at radius 2 is 2.03 bits per heavy atom. The number of carbonyl (C=O) groups excluding carboxylic acids is 1. The number of aromatic nitrogens is 3. The summed E-state index contributed by atoms with van der Waals surface area (Å²) in [4.78, 5) is 28.3. The van der Waals surface area contributed by atoms with Gasteiger partial charge in [-0.2, -0.15) is 0 Å². The van der Waals surface area contributed by atoms with Crippen LogP contribution in [-0.2, 0) is 4.79 Å². The van der Waals surface area contributed by atoms with E-state index in [9.17, 15) is 4.79 Å². The van der Waals surface area contributed by atoms with E-state index in [1.165, 1.54) is 32.1 Å². The van der Waals surface area contributed by atoms with Crippen molar-refractivity contribution in [2.45, 2.75) is 70.3 Å². The largest absolute Gasteiger partial charge is 0.367 e. The molecule has 1 saturated carbocycles. The van der Waals surface area contributed by atoms with Gasteiger partial charge in [0.15, 0.2) is 0 Å². The Morgan fingerprint density at radius 3 is 2.79 bits per heavy atom. The maximum absolute atomic E-state index is 12.2. The van der Waals surface area contributed by atoms with E-state index in [4.69, 9.17) is 9.97 Å². The number of hydrogen-bond acceptors (Lipinski definition) is 5. The normalized spacial score (nSPS) is 20.4. The van der Waals surface area contributed by atoms with Gasteiger partial charge in [0.1, 0.15) is 11.6 Å². The SMILES string of the molecule is CCC(=O)N1CCCC(c2nc(NC3CCCCC3)cc(-c3cccnc3)n2)C1. The summed E-state index contributed by atoms with van der Waals surface area (Å²) in [6.07, 6.45) is 12.5. The molecule has 29 heavy (non-hydrogen) atoms. The number of pyridine rings is 1. The van der Waals surface area contributed by atoms with E-state index >= 15 is 0 Å². The van der Waals surface area contributed by atoms with Crippen LogP contribution in [0.15, 0.2) is 30.6 Å². The van der Waals surface area contributed by atoms with Crippen LogP contribution in [-0.4, -0.2) is 44.9 Å². The highest BCUT2D eigenvalue weighted by Gasteiger charge is 2.27. The quantitative estimate of drug-likeness (QED) is 0.815. The van der Waals surface area contributed by atoms with Crippen LogP contribution in [0, 0.1) is 0 Å². The van der Waals surface area contributed by atoms with Gasteiger partial charge in [-0.15, -0.1) is 0 Å². The molecule has 4 rings (SSSR count). The highest BCUT2D eigenvalue weighted by molar-refractivity contribution is 5.76. The van der Waals surface area contributed by atoms with Crippen molar-refractivity contribution in [3.8, 4) is 11.3 Å². The number of likely N-dealkylation sites (tertiary alicyclic amines) is 1. The number of hydrogen-bond donors (Lipinski definition) is 1. The average Bonchev–Trinajstić information content (AvgIpc) is 2.79. The predicted molar refractivity (Wildman–Crippen MR) is 115 cm³/mol. The standard InChI is InChI=1S/C23H31N5O/c1-2-22(29)28-13-7-9-18(16-28)23-26-20(17-8-6-12-24-15-17)14-21(27-23)25-19-10-4-3-5-11-19/h6,8,12,14-15,18-19H,2-5,7,9-11,13,16H2,1H3,(H,25,26,27). The van der Waals surface area contributed by atoms with Crippen molar-refractivity contribution < 1.29 is 4.79 Å². The maximum atomic E-state index is 12.2. The molecule has 1 aliphatic carbocycles. The van der Waals surface area contributed by atoms with Crippen LogP contribution in [0.2, 0.25) is 0 Å². The van der Waals surface area contributed by atoms with Gasteiger partial charge in [0.25, 0.3) is 0 Å². The van der Waals surface area contributed by atoms with Crippen molar-refractivity contribution in [2.24, 2.45) is 0 Å². The number of piperidine rings is 1. The summed E-state index contributed by atoms with van der Waals surface area (Å²) in [7, 11) is 0. The lowest BCUT2D eigenvalue weighted by atomic mass is 9.95. The van der Waals surface area contributed by atoms with Gasteiger partial charge in [0.05, 0.1) is 5.69 Å². The molecule has 0 spiro atoms. The predicted octanol–water partition coefficient (Wildman–Crippen LogP) is 4.40. The molecule has 2 fully saturated rings. The zero-order chi connectivity index (χ0) is 20.1. The third-order valence-electron chi connectivity index (χ3n) is 6.10. The van der Waals surface area contributed by atoms with Gasteiger partial charge in [0.2, 0.25) is 5.91 Å². The lowest BCUT2D eigenvalue weighted by molar-refractivity contribution is -0.132. The fraction of sp³-hybridized carbons (Fsp3) is 0.565. The molecular formula is C23H31N5O.